The number of carboxylic acids is 1. The van der Waals surface area contributed by atoms with Crippen molar-refractivity contribution >= 4 is 46.1 Å². The van der Waals surface area contributed by atoms with Crippen LogP contribution in [0.1, 0.15) is 45.2 Å². The lowest BCUT2D eigenvalue weighted by Gasteiger charge is -2.33. The highest BCUT2D eigenvalue weighted by Crippen LogP contribution is 2.26. The van der Waals surface area contributed by atoms with Crippen molar-refractivity contribution in [2.24, 2.45) is 11.1 Å². The van der Waals surface area contributed by atoms with Crippen LogP contribution in [0.2, 0.25) is 0 Å². The van der Waals surface area contributed by atoms with Crippen LogP contribution in [0.3, 0.4) is 0 Å². The lowest BCUT2D eigenvalue weighted by Crippen LogP contribution is -2.55. The van der Waals surface area contributed by atoms with E-state index in [1.807, 2.05) is 20.8 Å². The van der Waals surface area contributed by atoms with Gasteiger partial charge in [-0.1, -0.05) is 48.8 Å². The van der Waals surface area contributed by atoms with Crippen LogP contribution in [-0.2, 0) is 14.4 Å². The molecule has 1 heterocycles. The number of β-amino-alcohol motifs (C(OH)–C–C–N with tert-alkyl or cyclic N) is 1. The molecule has 5 N–H and O–H groups in total. The molecule has 0 aliphatic carbocycles. The number of carbonyl (C=O) groups excluding carboxylic acids is 2. The Bertz CT molecular complexity index is 769. The molecule has 0 saturated carbocycles. The van der Waals surface area contributed by atoms with E-state index in [0.29, 0.717) is 5.56 Å². The van der Waals surface area contributed by atoms with Crippen molar-refractivity contribution < 1.29 is 24.6 Å². The van der Waals surface area contributed by atoms with Gasteiger partial charge >= 0.3 is 5.97 Å². The van der Waals surface area contributed by atoms with E-state index in [9.17, 15) is 24.6 Å². The number of aliphatic carboxylic acids is 1. The Balaban J connectivity index is 0.00000450. The summed E-state index contributed by atoms with van der Waals surface area (Å²) in [5.74, 6) is -1.98. The largest absolute Gasteiger partial charge is 0.481 e. The summed E-state index contributed by atoms with van der Waals surface area (Å²) in [7, 11) is 0. The Morgan fingerprint density at radius 1 is 1.27 bits per heavy atom. The van der Waals surface area contributed by atoms with Crippen molar-refractivity contribution in [1.82, 2.24) is 10.2 Å². The van der Waals surface area contributed by atoms with Crippen molar-refractivity contribution in [1.29, 1.82) is 0 Å². The van der Waals surface area contributed by atoms with Crippen molar-refractivity contribution in [3.05, 3.63) is 34.3 Å². The van der Waals surface area contributed by atoms with Crippen LogP contribution in [0.25, 0.3) is 0 Å². The number of carbonyl (C=O) groups is 3. The van der Waals surface area contributed by atoms with E-state index in [-0.39, 0.29) is 31.8 Å². The molecule has 0 spiro atoms. The number of nitrogens with two attached hydrogens (primary N) is 1. The fourth-order valence-electron chi connectivity index (χ4n) is 3.24. The summed E-state index contributed by atoms with van der Waals surface area (Å²) in [5.41, 5.74) is 6.19. The van der Waals surface area contributed by atoms with Crippen molar-refractivity contribution in [3.8, 4) is 0 Å². The first-order chi connectivity index (χ1) is 13.4. The Kier molecular flexibility index (Phi) is 9.28. The topological polar surface area (TPSA) is 133 Å². The Morgan fingerprint density at radius 2 is 1.83 bits per heavy atom. The molecule has 1 aromatic rings. The number of aliphatic hydroxyl groups excluding tert-OH is 1. The zero-order chi connectivity index (χ0) is 21.9. The predicted octanol–water partition coefficient (Wildman–Crippen LogP) is 1.84. The third kappa shape index (κ3) is 6.66. The zero-order valence-corrected chi connectivity index (χ0v) is 19.6. The fraction of sp³-hybridized carbons (Fsp3) is 0.550. The summed E-state index contributed by atoms with van der Waals surface area (Å²) in [5, 5.41) is 22.0. The van der Waals surface area contributed by atoms with Crippen LogP contribution >= 0.6 is 28.3 Å². The maximum absolute atomic E-state index is 13.0. The average Bonchev–Trinajstić information content (AvgIpc) is 3.01. The number of nitrogens with one attached hydrogen (secondary N) is 1. The summed E-state index contributed by atoms with van der Waals surface area (Å²) in [6.45, 7) is 5.50. The molecule has 1 aromatic carbocycles. The van der Waals surface area contributed by atoms with Gasteiger partial charge in [-0.3, -0.25) is 14.4 Å². The van der Waals surface area contributed by atoms with Crippen LogP contribution in [0, 0.1) is 5.41 Å². The van der Waals surface area contributed by atoms with Crippen molar-refractivity contribution in [2.45, 2.75) is 57.8 Å². The van der Waals surface area contributed by atoms with Gasteiger partial charge in [0.05, 0.1) is 24.6 Å². The van der Waals surface area contributed by atoms with Crippen LogP contribution in [0.15, 0.2) is 28.7 Å². The van der Waals surface area contributed by atoms with Crippen LogP contribution in [0.5, 0.6) is 0 Å². The van der Waals surface area contributed by atoms with Gasteiger partial charge in [-0.25, -0.2) is 0 Å². The summed E-state index contributed by atoms with van der Waals surface area (Å²) < 4.78 is 0.827. The molecule has 0 radical (unpaired) electrons. The molecule has 1 aliphatic heterocycles. The van der Waals surface area contributed by atoms with Gasteiger partial charge in [-0.15, -0.1) is 12.4 Å². The molecule has 10 heteroatoms. The van der Waals surface area contributed by atoms with E-state index in [1.165, 1.54) is 4.90 Å². The van der Waals surface area contributed by atoms with Gasteiger partial charge in [0.15, 0.2) is 0 Å². The highest BCUT2D eigenvalue weighted by molar-refractivity contribution is 9.10. The van der Waals surface area contributed by atoms with Crippen LogP contribution in [-0.4, -0.2) is 57.6 Å². The minimum absolute atomic E-state index is 0. The fourth-order valence-corrected chi connectivity index (χ4v) is 3.51. The lowest BCUT2D eigenvalue weighted by atomic mass is 9.86. The molecular formula is C20H29BrClN3O5. The monoisotopic (exact) mass is 505 g/mol. The first-order valence-corrected chi connectivity index (χ1v) is 10.2. The summed E-state index contributed by atoms with van der Waals surface area (Å²) >= 11 is 3.32. The second kappa shape index (κ2) is 10.6. The number of carboxylic acid groups (broad SMARTS) is 1. The van der Waals surface area contributed by atoms with E-state index < -0.39 is 47.4 Å². The molecule has 1 aliphatic rings. The van der Waals surface area contributed by atoms with Gasteiger partial charge in [0.25, 0.3) is 0 Å². The minimum Gasteiger partial charge on any atom is -0.481 e. The maximum Gasteiger partial charge on any atom is 0.305 e. The van der Waals surface area contributed by atoms with Crippen LogP contribution < -0.4 is 11.1 Å². The van der Waals surface area contributed by atoms with Crippen LogP contribution in [0.4, 0.5) is 0 Å². The minimum atomic E-state index is -1.06. The van der Waals surface area contributed by atoms with Gasteiger partial charge in [0, 0.05) is 17.4 Å². The number of nitrogens with zero attached hydrogens (tertiary/aromatic N) is 1. The summed E-state index contributed by atoms with van der Waals surface area (Å²) in [6, 6.07) is 4.46. The molecule has 30 heavy (non-hydrogen) atoms. The molecule has 2 amide bonds. The Hall–Kier alpha value is -1.68. The maximum atomic E-state index is 13.0. The molecular weight excluding hydrogens is 478 g/mol. The molecule has 2 rings (SSSR count). The smallest absolute Gasteiger partial charge is 0.305 e. The standard InChI is InChI=1S/C20H28BrN3O5.ClH/c1-20(2,3)17(22)19(29)24-10-13(25)8-15(24)18(28)23-14(9-16(26)27)11-4-6-12(21)7-5-11;/h4-7,13-15,17,25H,8-10,22H2,1-3H3,(H,23,28)(H,26,27);1H/t13-,14?,15+,17?;/m1./s1. The molecule has 0 bridgehead atoms. The molecule has 8 nitrogen and oxygen atoms in total. The van der Waals surface area contributed by atoms with Gasteiger partial charge in [0.1, 0.15) is 6.04 Å². The Labute approximate surface area is 190 Å². The normalized spacial score (nSPS) is 20.8. The number of rotatable bonds is 6. The number of amides is 2. The van der Waals surface area contributed by atoms with Crippen molar-refractivity contribution in [2.75, 3.05) is 6.54 Å². The van der Waals surface area contributed by atoms with Gasteiger partial charge in [0.2, 0.25) is 11.8 Å². The Morgan fingerprint density at radius 3 is 2.33 bits per heavy atom. The van der Waals surface area contributed by atoms with E-state index in [1.54, 1.807) is 24.3 Å². The van der Waals surface area contributed by atoms with E-state index >= 15 is 0 Å². The molecule has 2 unspecified atom stereocenters. The highest BCUT2D eigenvalue weighted by Gasteiger charge is 2.43. The second-order valence-electron chi connectivity index (χ2n) is 8.45. The number of benzene rings is 1. The molecule has 168 valence electrons. The molecule has 0 aromatic heterocycles. The third-order valence-electron chi connectivity index (χ3n) is 5.03. The zero-order valence-electron chi connectivity index (χ0n) is 17.2. The lowest BCUT2D eigenvalue weighted by molar-refractivity contribution is -0.142. The van der Waals surface area contributed by atoms with Gasteiger partial charge < -0.3 is 26.2 Å². The van der Waals surface area contributed by atoms with E-state index in [0.717, 1.165) is 4.47 Å². The van der Waals surface area contributed by atoms with Gasteiger partial charge in [-0.2, -0.15) is 0 Å². The number of likely N-dealkylation sites (tertiary alicyclic amines) is 1. The molecule has 1 fully saturated rings. The summed E-state index contributed by atoms with van der Waals surface area (Å²) in [6.07, 6.45) is -1.07. The van der Waals surface area contributed by atoms with Crippen molar-refractivity contribution in [3.63, 3.8) is 0 Å². The van der Waals surface area contributed by atoms with E-state index in [4.69, 9.17) is 5.73 Å². The van der Waals surface area contributed by atoms with E-state index in [2.05, 4.69) is 21.2 Å². The highest BCUT2D eigenvalue weighted by atomic mass is 79.9. The third-order valence-corrected chi connectivity index (χ3v) is 5.56. The molecule has 1 saturated heterocycles. The van der Waals surface area contributed by atoms with Gasteiger partial charge in [-0.05, 0) is 23.1 Å². The SMILES string of the molecule is CC(C)(C)C(N)C(=O)N1C[C@H](O)C[C@H]1C(=O)NC(CC(=O)O)c1ccc(Br)cc1.Cl. The first-order valence-electron chi connectivity index (χ1n) is 9.42. The number of halogens is 2. The first kappa shape index (κ1) is 26.4. The number of hydrogen-bond acceptors (Lipinski definition) is 5. The second-order valence-corrected chi connectivity index (χ2v) is 9.37. The summed E-state index contributed by atoms with van der Waals surface area (Å²) in [4.78, 5) is 38.4. The predicted molar refractivity (Wildman–Crippen MR) is 118 cm³/mol. The quantitative estimate of drug-likeness (QED) is 0.465. The molecule has 4 atom stereocenters. The average molecular weight is 507 g/mol. The number of hydrogen-bond donors (Lipinski definition) is 4. The number of aliphatic hydroxyl groups is 1.